The van der Waals surface area contributed by atoms with Crippen LogP contribution in [0.1, 0.15) is 34.6 Å². The zero-order chi connectivity index (χ0) is 25.7. The zero-order valence-corrected chi connectivity index (χ0v) is 20.5. The number of rotatable bonds is 9. The van der Waals surface area contributed by atoms with Gasteiger partial charge in [-0.25, -0.2) is 0 Å². The molecule has 0 radical (unpaired) electrons. The number of carbonyl (C=O) groups excluding carboxylic acids is 1. The Labute approximate surface area is 210 Å². The molecule has 1 fully saturated rings. The lowest BCUT2D eigenvalue weighted by atomic mass is 10.1. The Morgan fingerprint density at radius 1 is 1.17 bits per heavy atom. The van der Waals surface area contributed by atoms with E-state index in [1.807, 2.05) is 0 Å². The Balaban J connectivity index is 1.63. The minimum Gasteiger partial charge on any atom is -0.496 e. The summed E-state index contributed by atoms with van der Waals surface area (Å²) in [5.74, 6) is 1.00. The van der Waals surface area contributed by atoms with Crippen LogP contribution in [0.15, 0.2) is 47.6 Å². The normalized spacial score (nSPS) is 15.6. The van der Waals surface area contributed by atoms with Gasteiger partial charge < -0.3 is 19.5 Å². The third kappa shape index (κ3) is 5.76. The molecule has 1 aliphatic heterocycles. The summed E-state index contributed by atoms with van der Waals surface area (Å²) in [6, 6.07) is 9.86. The van der Waals surface area contributed by atoms with E-state index in [-0.39, 0.29) is 29.7 Å². The highest BCUT2D eigenvalue weighted by molar-refractivity contribution is 7.99. The number of halogens is 3. The van der Waals surface area contributed by atoms with E-state index in [0.29, 0.717) is 29.0 Å². The summed E-state index contributed by atoms with van der Waals surface area (Å²) in [6.07, 6.45) is -2.59. The number of benzene rings is 2. The SMILES string of the molecule is COc1cccc(OC)c1C(=O)NCc1nnc(SCC2CCCO2)n1-c1cccc(C(F)(F)F)c1. The maximum atomic E-state index is 13.4. The number of methoxy groups -OCH3 is 2. The summed E-state index contributed by atoms with van der Waals surface area (Å²) >= 11 is 1.35. The Bertz CT molecular complexity index is 1190. The molecule has 0 spiro atoms. The molecule has 3 aromatic rings. The summed E-state index contributed by atoms with van der Waals surface area (Å²) < 4.78 is 58.0. The van der Waals surface area contributed by atoms with E-state index in [2.05, 4.69) is 15.5 Å². The fourth-order valence-electron chi connectivity index (χ4n) is 3.85. The molecule has 0 aliphatic carbocycles. The quantitative estimate of drug-likeness (QED) is 0.414. The molecule has 1 N–H and O–H groups in total. The summed E-state index contributed by atoms with van der Waals surface area (Å²) in [4.78, 5) is 13.0. The van der Waals surface area contributed by atoms with Crippen molar-refractivity contribution in [3.8, 4) is 17.2 Å². The van der Waals surface area contributed by atoms with Crippen LogP contribution in [-0.4, -0.2) is 53.4 Å². The molecule has 1 amide bonds. The van der Waals surface area contributed by atoms with Crippen LogP contribution >= 0.6 is 11.8 Å². The molecule has 192 valence electrons. The van der Waals surface area contributed by atoms with Crippen LogP contribution in [-0.2, 0) is 17.5 Å². The second-order valence-corrected chi connectivity index (χ2v) is 8.94. The van der Waals surface area contributed by atoms with Crippen LogP contribution in [0.5, 0.6) is 11.5 Å². The molecule has 1 aromatic heterocycles. The van der Waals surface area contributed by atoms with E-state index in [9.17, 15) is 18.0 Å². The molecule has 12 heteroatoms. The van der Waals surface area contributed by atoms with E-state index in [1.54, 1.807) is 24.3 Å². The standard InChI is InChI=1S/C24H25F3N4O4S/c1-33-18-9-4-10-19(34-2)21(18)22(32)28-13-20-29-30-23(36-14-17-8-5-11-35-17)31(20)16-7-3-6-15(12-16)24(25,26)27/h3-4,6-7,9-10,12,17H,5,8,11,13-14H2,1-2H3,(H,28,32). The third-order valence-electron chi connectivity index (χ3n) is 5.62. The molecular formula is C24H25F3N4O4S. The van der Waals surface area contributed by atoms with Gasteiger partial charge >= 0.3 is 6.18 Å². The lowest BCUT2D eigenvalue weighted by Gasteiger charge is -2.15. The number of ether oxygens (including phenoxy) is 3. The molecule has 2 aromatic carbocycles. The lowest BCUT2D eigenvalue weighted by Crippen LogP contribution is -2.25. The van der Waals surface area contributed by atoms with Gasteiger partial charge in [0.15, 0.2) is 11.0 Å². The fourth-order valence-corrected chi connectivity index (χ4v) is 4.89. The number of nitrogens with zero attached hydrogens (tertiary/aromatic N) is 3. The Morgan fingerprint density at radius 3 is 2.53 bits per heavy atom. The first-order chi connectivity index (χ1) is 17.3. The van der Waals surface area contributed by atoms with Gasteiger partial charge in [0, 0.05) is 12.4 Å². The molecule has 4 rings (SSSR count). The average molecular weight is 523 g/mol. The first kappa shape index (κ1) is 25.8. The molecule has 36 heavy (non-hydrogen) atoms. The van der Waals surface area contributed by atoms with Gasteiger partial charge in [0.1, 0.15) is 17.1 Å². The van der Waals surface area contributed by atoms with Crippen molar-refractivity contribution < 1.29 is 32.2 Å². The van der Waals surface area contributed by atoms with Gasteiger partial charge in [-0.05, 0) is 43.2 Å². The Morgan fingerprint density at radius 2 is 1.89 bits per heavy atom. The monoisotopic (exact) mass is 522 g/mol. The Hall–Kier alpha value is -3.25. The number of thioether (sulfide) groups is 1. The minimum absolute atomic E-state index is 0.0443. The summed E-state index contributed by atoms with van der Waals surface area (Å²) in [7, 11) is 2.88. The van der Waals surface area contributed by atoms with E-state index in [0.717, 1.165) is 25.0 Å². The predicted octanol–water partition coefficient (Wildman–Crippen LogP) is 4.50. The largest absolute Gasteiger partial charge is 0.496 e. The van der Waals surface area contributed by atoms with Crippen molar-refractivity contribution in [1.29, 1.82) is 0 Å². The molecular weight excluding hydrogens is 497 g/mol. The fraction of sp³-hybridized carbons (Fsp3) is 0.375. The molecule has 1 saturated heterocycles. The maximum Gasteiger partial charge on any atom is 0.416 e. The summed E-state index contributed by atoms with van der Waals surface area (Å²) in [5.41, 5.74) is -0.359. The summed E-state index contributed by atoms with van der Waals surface area (Å²) in [6.45, 7) is 0.596. The molecule has 8 nitrogen and oxygen atoms in total. The predicted molar refractivity (Wildman–Crippen MR) is 127 cm³/mol. The summed E-state index contributed by atoms with van der Waals surface area (Å²) in [5, 5.41) is 11.5. The van der Waals surface area contributed by atoms with E-state index in [1.165, 1.54) is 36.6 Å². The highest BCUT2D eigenvalue weighted by Gasteiger charge is 2.31. The van der Waals surface area contributed by atoms with Gasteiger partial charge in [0.25, 0.3) is 5.91 Å². The minimum atomic E-state index is -4.51. The lowest BCUT2D eigenvalue weighted by molar-refractivity contribution is -0.137. The zero-order valence-electron chi connectivity index (χ0n) is 19.7. The van der Waals surface area contributed by atoms with Gasteiger partial charge in [0.05, 0.1) is 38.1 Å². The van der Waals surface area contributed by atoms with Crippen molar-refractivity contribution in [3.63, 3.8) is 0 Å². The van der Waals surface area contributed by atoms with Crippen LogP contribution in [0.3, 0.4) is 0 Å². The van der Waals surface area contributed by atoms with Crippen molar-refractivity contribution >= 4 is 17.7 Å². The molecule has 0 saturated carbocycles. The number of amides is 1. The number of aromatic nitrogens is 3. The molecule has 1 aliphatic rings. The second kappa shape index (κ2) is 11.2. The maximum absolute atomic E-state index is 13.4. The number of alkyl halides is 3. The second-order valence-electron chi connectivity index (χ2n) is 7.95. The van der Waals surface area contributed by atoms with Crippen molar-refractivity contribution in [1.82, 2.24) is 20.1 Å². The van der Waals surface area contributed by atoms with Crippen molar-refractivity contribution in [2.75, 3.05) is 26.6 Å². The van der Waals surface area contributed by atoms with E-state index >= 15 is 0 Å². The molecule has 1 atom stereocenters. The topological polar surface area (TPSA) is 87.5 Å². The van der Waals surface area contributed by atoms with Gasteiger partial charge in [-0.2, -0.15) is 13.2 Å². The smallest absolute Gasteiger partial charge is 0.416 e. The van der Waals surface area contributed by atoms with Crippen LogP contribution in [0.25, 0.3) is 5.69 Å². The molecule has 0 bridgehead atoms. The van der Waals surface area contributed by atoms with Crippen LogP contribution in [0.4, 0.5) is 13.2 Å². The number of carbonyl (C=O) groups is 1. The number of hydrogen-bond acceptors (Lipinski definition) is 7. The third-order valence-corrected chi connectivity index (χ3v) is 6.68. The van der Waals surface area contributed by atoms with Crippen LogP contribution < -0.4 is 14.8 Å². The number of nitrogens with one attached hydrogen (secondary N) is 1. The molecule has 1 unspecified atom stereocenters. The molecule has 2 heterocycles. The highest BCUT2D eigenvalue weighted by atomic mass is 32.2. The van der Waals surface area contributed by atoms with Crippen LogP contribution in [0, 0.1) is 0 Å². The van der Waals surface area contributed by atoms with Crippen LogP contribution in [0.2, 0.25) is 0 Å². The van der Waals surface area contributed by atoms with Gasteiger partial charge in [-0.15, -0.1) is 10.2 Å². The van der Waals surface area contributed by atoms with Crippen molar-refractivity contribution in [3.05, 3.63) is 59.4 Å². The van der Waals surface area contributed by atoms with Gasteiger partial charge in [-0.1, -0.05) is 23.9 Å². The van der Waals surface area contributed by atoms with Crippen molar-refractivity contribution in [2.45, 2.75) is 36.8 Å². The average Bonchev–Trinajstić information content (AvgIpc) is 3.54. The van der Waals surface area contributed by atoms with E-state index < -0.39 is 17.6 Å². The van der Waals surface area contributed by atoms with Crippen molar-refractivity contribution in [2.24, 2.45) is 0 Å². The first-order valence-corrected chi connectivity index (χ1v) is 12.2. The Kier molecular flexibility index (Phi) is 8.04. The van der Waals surface area contributed by atoms with Gasteiger partial charge in [-0.3, -0.25) is 9.36 Å². The first-order valence-electron chi connectivity index (χ1n) is 11.2. The number of hydrogen-bond donors (Lipinski definition) is 1. The highest BCUT2D eigenvalue weighted by Crippen LogP contribution is 2.32. The van der Waals surface area contributed by atoms with Gasteiger partial charge in [0.2, 0.25) is 0 Å². The van der Waals surface area contributed by atoms with E-state index in [4.69, 9.17) is 14.2 Å².